The molecule has 1 aromatic carbocycles. The van der Waals surface area contributed by atoms with Crippen molar-refractivity contribution in [2.75, 3.05) is 11.5 Å². The lowest BCUT2D eigenvalue weighted by atomic mass is 10.1. The summed E-state index contributed by atoms with van der Waals surface area (Å²) in [5.41, 5.74) is 7.76. The quantitative estimate of drug-likeness (QED) is 0.815. The number of anilines is 1. The normalized spacial score (nSPS) is 22.6. The minimum atomic E-state index is -3.51. The minimum absolute atomic E-state index is 0.0410. The molecule has 0 heterocycles. The van der Waals surface area contributed by atoms with Crippen molar-refractivity contribution < 1.29 is 8.42 Å². The molecule has 0 radical (unpaired) electrons. The second-order valence-electron chi connectivity index (χ2n) is 5.63. The van der Waals surface area contributed by atoms with Gasteiger partial charge in [-0.1, -0.05) is 13.0 Å². The maximum atomic E-state index is 12.7. The van der Waals surface area contributed by atoms with Gasteiger partial charge in [-0.25, -0.2) is 13.1 Å². The van der Waals surface area contributed by atoms with Gasteiger partial charge in [0.1, 0.15) is 0 Å². The van der Waals surface area contributed by atoms with E-state index in [9.17, 15) is 8.42 Å². The van der Waals surface area contributed by atoms with Crippen LogP contribution in [-0.2, 0) is 10.0 Å². The number of nitrogens with two attached hydrogens (primary N) is 1. The van der Waals surface area contributed by atoms with E-state index in [4.69, 9.17) is 5.73 Å². The van der Waals surface area contributed by atoms with Crippen LogP contribution in [0, 0.1) is 13.8 Å². The summed E-state index contributed by atoms with van der Waals surface area (Å²) in [5, 5.41) is 0.575. The van der Waals surface area contributed by atoms with Crippen LogP contribution >= 0.6 is 11.8 Å². The van der Waals surface area contributed by atoms with Gasteiger partial charge in [0.15, 0.2) is 0 Å². The monoisotopic (exact) mass is 328 g/mol. The molecule has 1 aliphatic rings. The number of benzene rings is 1. The first kappa shape index (κ1) is 16.6. The van der Waals surface area contributed by atoms with E-state index in [2.05, 4.69) is 11.6 Å². The van der Waals surface area contributed by atoms with Gasteiger partial charge in [0, 0.05) is 17.0 Å². The van der Waals surface area contributed by atoms with Gasteiger partial charge in [0.25, 0.3) is 0 Å². The highest BCUT2D eigenvalue weighted by Gasteiger charge is 2.30. The Bertz CT molecular complexity index is 614. The van der Waals surface area contributed by atoms with Gasteiger partial charge in [-0.2, -0.15) is 11.8 Å². The van der Waals surface area contributed by atoms with Crippen LogP contribution in [0.3, 0.4) is 0 Å². The van der Waals surface area contributed by atoms with E-state index in [0.29, 0.717) is 21.4 Å². The molecular formula is C15H24N2O2S2. The molecule has 2 atom stereocenters. The number of rotatable bonds is 5. The maximum Gasteiger partial charge on any atom is 0.241 e. The lowest BCUT2D eigenvalue weighted by Gasteiger charge is -2.17. The molecule has 1 fully saturated rings. The van der Waals surface area contributed by atoms with Crippen LogP contribution in [0.4, 0.5) is 5.69 Å². The Balaban J connectivity index is 2.19. The fourth-order valence-electron chi connectivity index (χ4n) is 2.97. The summed E-state index contributed by atoms with van der Waals surface area (Å²) < 4.78 is 28.2. The van der Waals surface area contributed by atoms with Gasteiger partial charge >= 0.3 is 0 Å². The smallest absolute Gasteiger partial charge is 0.241 e. The first-order chi connectivity index (χ1) is 9.85. The second-order valence-corrected chi connectivity index (χ2v) is 8.86. The molecular weight excluding hydrogens is 304 g/mol. The molecule has 0 amide bonds. The first-order valence-electron chi connectivity index (χ1n) is 7.34. The number of nitrogen functional groups attached to an aromatic ring is 1. The molecule has 1 aromatic rings. The van der Waals surface area contributed by atoms with Crippen molar-refractivity contribution in [1.29, 1.82) is 0 Å². The zero-order chi connectivity index (χ0) is 15.6. The maximum absolute atomic E-state index is 12.7. The summed E-state index contributed by atoms with van der Waals surface area (Å²) in [4.78, 5) is 0.342. The fraction of sp³-hybridized carbons (Fsp3) is 0.600. The Hall–Kier alpha value is -0.720. The van der Waals surface area contributed by atoms with Crippen molar-refractivity contribution in [2.45, 2.75) is 56.2 Å². The number of hydrogen-bond donors (Lipinski definition) is 2. The summed E-state index contributed by atoms with van der Waals surface area (Å²) in [6.07, 6.45) is 2.91. The van der Waals surface area contributed by atoms with Gasteiger partial charge in [-0.15, -0.1) is 0 Å². The van der Waals surface area contributed by atoms with E-state index >= 15 is 0 Å². The molecule has 0 saturated heterocycles. The first-order valence-corrected chi connectivity index (χ1v) is 9.88. The van der Waals surface area contributed by atoms with Gasteiger partial charge in [-0.3, -0.25) is 0 Å². The van der Waals surface area contributed by atoms with E-state index in [1.807, 2.05) is 18.7 Å². The van der Waals surface area contributed by atoms with Crippen LogP contribution in [0.15, 0.2) is 17.0 Å². The molecule has 0 aromatic heterocycles. The molecule has 1 aliphatic carbocycles. The SMILES string of the molecule is CCSC1CCC(NS(=O)(=O)c2c(C)ccc(N)c2C)C1. The van der Waals surface area contributed by atoms with Crippen LogP contribution in [0.5, 0.6) is 0 Å². The van der Waals surface area contributed by atoms with Gasteiger partial charge in [-0.05, 0) is 56.1 Å². The highest BCUT2D eigenvalue weighted by molar-refractivity contribution is 7.99. The van der Waals surface area contributed by atoms with Gasteiger partial charge < -0.3 is 5.73 Å². The van der Waals surface area contributed by atoms with Gasteiger partial charge in [0.2, 0.25) is 10.0 Å². The van der Waals surface area contributed by atoms with Crippen LogP contribution in [0.25, 0.3) is 0 Å². The number of sulfonamides is 1. The van der Waals surface area contributed by atoms with Crippen LogP contribution in [-0.4, -0.2) is 25.5 Å². The molecule has 2 rings (SSSR count). The van der Waals surface area contributed by atoms with Crippen molar-refractivity contribution in [3.05, 3.63) is 23.3 Å². The minimum Gasteiger partial charge on any atom is -0.398 e. The van der Waals surface area contributed by atoms with E-state index in [0.717, 1.165) is 30.6 Å². The van der Waals surface area contributed by atoms with Crippen LogP contribution < -0.4 is 10.5 Å². The second kappa shape index (κ2) is 6.58. The van der Waals surface area contributed by atoms with E-state index in [1.165, 1.54) is 0 Å². The average molecular weight is 329 g/mol. The lowest BCUT2D eigenvalue weighted by Crippen LogP contribution is -2.34. The highest BCUT2D eigenvalue weighted by Crippen LogP contribution is 2.31. The summed E-state index contributed by atoms with van der Waals surface area (Å²) >= 11 is 1.92. The van der Waals surface area contributed by atoms with Crippen LogP contribution in [0.1, 0.15) is 37.3 Å². The summed E-state index contributed by atoms with van der Waals surface area (Å²) in [7, 11) is -3.51. The molecule has 118 valence electrons. The lowest BCUT2D eigenvalue weighted by molar-refractivity contribution is 0.551. The van der Waals surface area contributed by atoms with Crippen molar-refractivity contribution in [2.24, 2.45) is 0 Å². The third-order valence-electron chi connectivity index (χ3n) is 4.02. The number of nitrogens with one attached hydrogen (secondary N) is 1. The summed E-state index contributed by atoms with van der Waals surface area (Å²) in [6.45, 7) is 5.72. The average Bonchev–Trinajstić information content (AvgIpc) is 2.81. The molecule has 6 heteroatoms. The molecule has 21 heavy (non-hydrogen) atoms. The number of aryl methyl sites for hydroxylation is 1. The summed E-state index contributed by atoms with van der Waals surface area (Å²) in [6, 6.07) is 3.56. The van der Waals surface area contributed by atoms with E-state index in [-0.39, 0.29) is 6.04 Å². The Morgan fingerprint density at radius 2 is 2.05 bits per heavy atom. The topological polar surface area (TPSA) is 72.2 Å². The third-order valence-corrected chi connectivity index (χ3v) is 7.06. The van der Waals surface area contributed by atoms with E-state index in [1.54, 1.807) is 19.1 Å². The Morgan fingerprint density at radius 3 is 2.71 bits per heavy atom. The van der Waals surface area contributed by atoms with Crippen molar-refractivity contribution in [3.8, 4) is 0 Å². The Kier molecular flexibility index (Phi) is 5.22. The fourth-order valence-corrected chi connectivity index (χ4v) is 5.89. The summed E-state index contributed by atoms with van der Waals surface area (Å²) in [5.74, 6) is 1.08. The number of hydrogen-bond acceptors (Lipinski definition) is 4. The highest BCUT2D eigenvalue weighted by atomic mass is 32.2. The van der Waals surface area contributed by atoms with Crippen molar-refractivity contribution in [3.63, 3.8) is 0 Å². The molecule has 0 aliphatic heterocycles. The van der Waals surface area contributed by atoms with Gasteiger partial charge in [0.05, 0.1) is 4.90 Å². The van der Waals surface area contributed by atoms with Crippen molar-refractivity contribution >= 4 is 27.5 Å². The third kappa shape index (κ3) is 3.73. The predicted molar refractivity (Wildman–Crippen MR) is 90.2 cm³/mol. The molecule has 3 N–H and O–H groups in total. The number of thioether (sulfide) groups is 1. The van der Waals surface area contributed by atoms with Crippen molar-refractivity contribution in [1.82, 2.24) is 4.72 Å². The zero-order valence-corrected chi connectivity index (χ0v) is 14.5. The largest absolute Gasteiger partial charge is 0.398 e. The molecule has 0 spiro atoms. The molecule has 4 nitrogen and oxygen atoms in total. The zero-order valence-electron chi connectivity index (χ0n) is 12.8. The molecule has 1 saturated carbocycles. The Labute approximate surface area is 131 Å². The standard InChI is InChI=1S/C15H24N2O2S2/c1-4-20-13-7-6-12(9-13)17-21(18,19)15-10(2)5-8-14(16)11(15)3/h5,8,12-13,17H,4,6-7,9,16H2,1-3H3. The van der Waals surface area contributed by atoms with E-state index < -0.39 is 10.0 Å². The van der Waals surface area contributed by atoms with Crippen LogP contribution in [0.2, 0.25) is 0 Å². The molecule has 2 unspecified atom stereocenters. The predicted octanol–water partition coefficient (Wildman–Crippen LogP) is 2.84. The Morgan fingerprint density at radius 1 is 1.33 bits per heavy atom. The molecule has 0 bridgehead atoms.